The maximum Gasteiger partial charge on any atom is 0.227 e. The minimum Gasteiger partial charge on any atom is -0.354 e. The van der Waals surface area contributed by atoms with Crippen molar-refractivity contribution in [2.75, 3.05) is 30.8 Å². The van der Waals surface area contributed by atoms with Crippen LogP contribution in [0.4, 0.5) is 22.0 Å². The summed E-state index contributed by atoms with van der Waals surface area (Å²) in [5.74, 6) is 0.664. The van der Waals surface area contributed by atoms with Crippen molar-refractivity contribution in [1.82, 2.24) is 30.0 Å². The highest BCUT2D eigenvalue weighted by Gasteiger charge is 2.48. The van der Waals surface area contributed by atoms with Crippen LogP contribution in [0, 0.1) is 17.7 Å². The summed E-state index contributed by atoms with van der Waals surface area (Å²) in [6.45, 7) is 14.4. The molecule has 0 radical (unpaired) electrons. The number of carbonyl (C=O) groups excluding carboxylic acids is 1. The Morgan fingerprint density at radius 2 is 2.03 bits per heavy atom. The van der Waals surface area contributed by atoms with Crippen LogP contribution in [0.5, 0.6) is 0 Å². The molecule has 2 aliphatic rings. The fourth-order valence-corrected chi connectivity index (χ4v) is 5.02. The second-order valence-electron chi connectivity index (χ2n) is 10.4. The first kappa shape index (κ1) is 23.4. The zero-order valence-corrected chi connectivity index (χ0v) is 20.6. The van der Waals surface area contributed by atoms with Gasteiger partial charge in [0.05, 0.1) is 24.0 Å². The molecule has 0 saturated carbocycles. The van der Waals surface area contributed by atoms with E-state index in [2.05, 4.69) is 63.5 Å². The summed E-state index contributed by atoms with van der Waals surface area (Å²) in [5, 5.41) is 13.4. The molecule has 33 heavy (non-hydrogen) atoms. The Balaban J connectivity index is 1.59. The molecule has 10 heteroatoms. The smallest absolute Gasteiger partial charge is 0.227 e. The number of H-pyrrole nitrogens is 1. The molecule has 1 unspecified atom stereocenters. The molecule has 4 rings (SSSR count). The number of nitrogens with zero attached hydrogens (tertiary/aromatic N) is 5. The molecule has 4 heterocycles. The van der Waals surface area contributed by atoms with E-state index in [4.69, 9.17) is 0 Å². The number of carbonyl (C=O) groups is 1. The van der Waals surface area contributed by atoms with Crippen molar-refractivity contribution in [2.45, 2.75) is 65.6 Å². The Kier molecular flexibility index (Phi) is 5.84. The predicted octanol–water partition coefficient (Wildman–Crippen LogP) is 3.46. The molecule has 1 saturated heterocycles. The van der Waals surface area contributed by atoms with E-state index in [0.29, 0.717) is 24.9 Å². The lowest BCUT2D eigenvalue weighted by Crippen LogP contribution is -2.55. The molecule has 9 nitrogen and oxygen atoms in total. The number of aromatic amines is 1. The van der Waals surface area contributed by atoms with E-state index in [0.717, 1.165) is 30.4 Å². The van der Waals surface area contributed by atoms with Crippen molar-refractivity contribution in [2.24, 2.45) is 11.8 Å². The van der Waals surface area contributed by atoms with Gasteiger partial charge in [-0.25, -0.2) is 9.37 Å². The molecular weight excluding hydrogens is 423 g/mol. The lowest BCUT2D eigenvalue weighted by atomic mass is 9.76. The molecule has 180 valence electrons. The number of nitrogens with one attached hydrogen (secondary N) is 3. The Morgan fingerprint density at radius 3 is 2.73 bits per heavy atom. The molecule has 2 aromatic heterocycles. The summed E-state index contributed by atoms with van der Waals surface area (Å²) >= 11 is 0. The minimum atomic E-state index is -0.569. The minimum absolute atomic E-state index is 0.0337. The summed E-state index contributed by atoms with van der Waals surface area (Å²) in [5.41, 5.74) is 1.13. The van der Waals surface area contributed by atoms with Gasteiger partial charge in [0.1, 0.15) is 0 Å². The van der Waals surface area contributed by atoms with E-state index in [-0.39, 0.29) is 29.1 Å². The standard InChI is InChI=1S/C23H35FN8O/c1-8-25-21-26-10-16(24)19(28-21)27-18-15-12-32(23(5,6)17(15)29-30-18)20(33)14-9-22(3,4)31(7)11-13(14)2/h10,13-14H,8-9,11-12H2,1-7H3,(H3,25,26,27,28,29,30)/t13-,14?/m0/s1. The average molecular weight is 459 g/mol. The van der Waals surface area contributed by atoms with Crippen LogP contribution in [0.25, 0.3) is 0 Å². The first-order valence-electron chi connectivity index (χ1n) is 11.6. The summed E-state index contributed by atoms with van der Waals surface area (Å²) in [4.78, 5) is 26.2. The van der Waals surface area contributed by atoms with Gasteiger partial charge < -0.3 is 20.4 Å². The molecule has 2 atom stereocenters. The normalized spacial score (nSPS) is 23.9. The number of fused-ring (bicyclic) bond motifs is 1. The quantitative estimate of drug-likeness (QED) is 0.631. The Bertz CT molecular complexity index is 1050. The second kappa shape index (κ2) is 8.23. The van der Waals surface area contributed by atoms with Crippen molar-refractivity contribution in [3.63, 3.8) is 0 Å². The molecule has 2 aliphatic heterocycles. The summed E-state index contributed by atoms with van der Waals surface area (Å²) in [6.07, 6.45) is 1.94. The fourth-order valence-electron chi connectivity index (χ4n) is 5.02. The number of anilines is 3. The van der Waals surface area contributed by atoms with E-state index >= 15 is 0 Å². The summed E-state index contributed by atoms with van der Waals surface area (Å²) in [7, 11) is 2.12. The average Bonchev–Trinajstić information content (AvgIpc) is 3.25. The molecule has 0 aromatic carbocycles. The van der Waals surface area contributed by atoms with Crippen molar-refractivity contribution in [3.8, 4) is 0 Å². The molecule has 0 aliphatic carbocycles. The van der Waals surface area contributed by atoms with Crippen LogP contribution in [-0.4, -0.2) is 61.5 Å². The van der Waals surface area contributed by atoms with Gasteiger partial charge in [-0.15, -0.1) is 0 Å². The molecule has 1 fully saturated rings. The van der Waals surface area contributed by atoms with Crippen LogP contribution in [0.1, 0.15) is 59.2 Å². The van der Waals surface area contributed by atoms with Gasteiger partial charge in [0, 0.05) is 30.1 Å². The van der Waals surface area contributed by atoms with Gasteiger partial charge in [0.2, 0.25) is 11.9 Å². The fraction of sp³-hybridized carbons (Fsp3) is 0.652. The summed E-state index contributed by atoms with van der Waals surface area (Å²) < 4.78 is 14.4. The van der Waals surface area contributed by atoms with Crippen molar-refractivity contribution >= 4 is 23.5 Å². The van der Waals surface area contributed by atoms with Gasteiger partial charge in [-0.05, 0) is 54.0 Å². The van der Waals surface area contributed by atoms with Crippen LogP contribution in [0.3, 0.4) is 0 Å². The number of hydrogen-bond acceptors (Lipinski definition) is 7. The lowest BCUT2D eigenvalue weighted by molar-refractivity contribution is -0.147. The van der Waals surface area contributed by atoms with Crippen LogP contribution in [-0.2, 0) is 16.9 Å². The van der Waals surface area contributed by atoms with Crippen LogP contribution < -0.4 is 10.6 Å². The maximum atomic E-state index is 14.4. The van der Waals surface area contributed by atoms with Crippen LogP contribution >= 0.6 is 0 Å². The third kappa shape index (κ3) is 4.05. The molecule has 2 aromatic rings. The van der Waals surface area contributed by atoms with Crippen molar-refractivity contribution in [3.05, 3.63) is 23.3 Å². The number of piperidine rings is 1. The molecule has 1 amide bonds. The van der Waals surface area contributed by atoms with Crippen molar-refractivity contribution < 1.29 is 9.18 Å². The third-order valence-corrected chi connectivity index (χ3v) is 7.37. The largest absolute Gasteiger partial charge is 0.354 e. The van der Waals surface area contributed by atoms with Gasteiger partial charge in [-0.2, -0.15) is 10.1 Å². The summed E-state index contributed by atoms with van der Waals surface area (Å²) in [6, 6.07) is 0. The number of amides is 1. The molecule has 0 spiro atoms. The predicted molar refractivity (Wildman–Crippen MR) is 126 cm³/mol. The van der Waals surface area contributed by atoms with E-state index in [1.807, 2.05) is 25.7 Å². The van der Waals surface area contributed by atoms with Gasteiger partial charge >= 0.3 is 0 Å². The highest BCUT2D eigenvalue weighted by atomic mass is 19.1. The van der Waals surface area contributed by atoms with E-state index in [1.54, 1.807) is 0 Å². The SMILES string of the molecule is CCNc1ncc(F)c(Nc2n[nH]c3c2CN(C(=O)C2CC(C)(C)N(C)C[C@@H]2C)C3(C)C)n1. The van der Waals surface area contributed by atoms with Gasteiger partial charge in [-0.1, -0.05) is 6.92 Å². The van der Waals surface area contributed by atoms with Gasteiger partial charge in [0.25, 0.3) is 0 Å². The monoisotopic (exact) mass is 458 g/mol. The molecular formula is C23H35FN8O. The third-order valence-electron chi connectivity index (χ3n) is 7.37. The maximum absolute atomic E-state index is 14.4. The Labute approximate surface area is 194 Å². The topological polar surface area (TPSA) is 102 Å². The van der Waals surface area contributed by atoms with Crippen LogP contribution in [0.15, 0.2) is 6.20 Å². The molecule has 3 N–H and O–H groups in total. The Hall–Kier alpha value is -2.75. The number of hydrogen-bond donors (Lipinski definition) is 3. The first-order chi connectivity index (χ1) is 15.5. The number of rotatable bonds is 5. The van der Waals surface area contributed by atoms with Crippen molar-refractivity contribution in [1.29, 1.82) is 0 Å². The zero-order chi connectivity index (χ0) is 24.1. The number of halogens is 1. The van der Waals surface area contributed by atoms with Gasteiger partial charge in [-0.3, -0.25) is 9.89 Å². The number of likely N-dealkylation sites (tertiary alicyclic amines) is 1. The van der Waals surface area contributed by atoms with E-state index < -0.39 is 11.4 Å². The van der Waals surface area contributed by atoms with Crippen LogP contribution in [0.2, 0.25) is 0 Å². The van der Waals surface area contributed by atoms with Gasteiger partial charge in [0.15, 0.2) is 17.5 Å². The molecule has 0 bridgehead atoms. The highest BCUT2D eigenvalue weighted by Crippen LogP contribution is 2.44. The van der Waals surface area contributed by atoms with E-state index in [1.165, 1.54) is 0 Å². The second-order valence-corrected chi connectivity index (χ2v) is 10.4. The van der Waals surface area contributed by atoms with E-state index in [9.17, 15) is 9.18 Å². The number of aromatic nitrogens is 4. The highest BCUT2D eigenvalue weighted by molar-refractivity contribution is 5.82. The Morgan fingerprint density at radius 1 is 1.30 bits per heavy atom. The zero-order valence-electron chi connectivity index (χ0n) is 20.6. The lowest BCUT2D eigenvalue weighted by Gasteiger charge is -2.48. The first-order valence-corrected chi connectivity index (χ1v) is 11.6.